The van der Waals surface area contributed by atoms with Crippen molar-refractivity contribution in [2.45, 2.75) is 13.0 Å². The molecular weight excluding hydrogens is 264 g/mol. The van der Waals surface area contributed by atoms with Crippen LogP contribution in [0.25, 0.3) is 0 Å². The van der Waals surface area contributed by atoms with E-state index in [0.717, 1.165) is 22.6 Å². The zero-order valence-corrected chi connectivity index (χ0v) is 13.4. The topological polar surface area (TPSA) is 46.2 Å². The minimum Gasteiger partial charge on any atom is -0.496 e. The Kier molecular flexibility index (Phi) is 5.80. The highest BCUT2D eigenvalue weighted by molar-refractivity contribution is 6.60. The predicted octanol–water partition coefficient (Wildman–Crippen LogP) is 1.97. The third kappa shape index (κ3) is 3.47. The molecule has 5 nitrogen and oxygen atoms in total. The van der Waals surface area contributed by atoms with E-state index in [4.69, 9.17) is 22.8 Å². The number of hydrogen-bond acceptors (Lipinski definition) is 5. The summed E-state index contributed by atoms with van der Waals surface area (Å²) in [6.07, 6.45) is 0. The van der Waals surface area contributed by atoms with Gasteiger partial charge in [0.05, 0.1) is 20.3 Å². The molecule has 0 spiro atoms. The normalized spacial score (nSPS) is 11.5. The van der Waals surface area contributed by atoms with Crippen molar-refractivity contribution < 1.29 is 22.8 Å². The summed E-state index contributed by atoms with van der Waals surface area (Å²) in [5, 5.41) is 0. The van der Waals surface area contributed by atoms with Crippen LogP contribution >= 0.6 is 0 Å². The van der Waals surface area contributed by atoms with Gasteiger partial charge in [-0.05, 0) is 24.6 Å². The van der Waals surface area contributed by atoms with E-state index in [-0.39, 0.29) is 0 Å². The van der Waals surface area contributed by atoms with Gasteiger partial charge in [0.15, 0.2) is 0 Å². The average molecular weight is 286 g/mol. The first kappa shape index (κ1) is 16.0. The Labute approximate surface area is 115 Å². The van der Waals surface area contributed by atoms with E-state index in [1.54, 1.807) is 35.5 Å². The summed E-state index contributed by atoms with van der Waals surface area (Å²) in [5.41, 5.74) is 1.96. The van der Waals surface area contributed by atoms with Gasteiger partial charge in [0.1, 0.15) is 11.5 Å². The molecule has 108 valence electrons. The monoisotopic (exact) mass is 286 g/mol. The van der Waals surface area contributed by atoms with Crippen LogP contribution in [-0.2, 0) is 19.3 Å². The van der Waals surface area contributed by atoms with E-state index >= 15 is 0 Å². The third-order valence-corrected chi connectivity index (χ3v) is 5.73. The SMILES string of the molecule is COc1cc(C)cc(OC)c1C[Si](OC)(OC)OC. The van der Waals surface area contributed by atoms with Crippen LogP contribution in [-0.4, -0.2) is 44.4 Å². The van der Waals surface area contributed by atoms with Crippen LogP contribution in [0.2, 0.25) is 0 Å². The Hall–Kier alpha value is -1.08. The molecule has 0 aromatic heterocycles. The van der Waals surface area contributed by atoms with Crippen LogP contribution in [0.3, 0.4) is 0 Å². The molecule has 0 amide bonds. The quantitative estimate of drug-likeness (QED) is 0.717. The van der Waals surface area contributed by atoms with Crippen molar-refractivity contribution in [2.24, 2.45) is 0 Å². The lowest BCUT2D eigenvalue weighted by Crippen LogP contribution is -2.45. The Bertz CT molecular complexity index is 384. The molecular formula is C13H22O5Si. The lowest BCUT2D eigenvalue weighted by Gasteiger charge is -2.26. The summed E-state index contributed by atoms with van der Waals surface area (Å²) in [6.45, 7) is 1.99. The lowest BCUT2D eigenvalue weighted by molar-refractivity contribution is 0.122. The maximum absolute atomic E-state index is 5.45. The van der Waals surface area contributed by atoms with Crippen molar-refractivity contribution in [1.29, 1.82) is 0 Å². The molecule has 0 aliphatic rings. The van der Waals surface area contributed by atoms with Crippen molar-refractivity contribution in [2.75, 3.05) is 35.5 Å². The van der Waals surface area contributed by atoms with Gasteiger partial charge < -0.3 is 22.8 Å². The summed E-state index contributed by atoms with van der Waals surface area (Å²) in [7, 11) is 5.30. The molecule has 0 fully saturated rings. The molecule has 1 aromatic carbocycles. The van der Waals surface area contributed by atoms with E-state index in [1.165, 1.54) is 0 Å². The number of methoxy groups -OCH3 is 2. The molecule has 0 radical (unpaired) electrons. The fourth-order valence-electron chi connectivity index (χ4n) is 1.97. The Balaban J connectivity index is 3.24. The van der Waals surface area contributed by atoms with Crippen molar-refractivity contribution in [3.8, 4) is 11.5 Å². The summed E-state index contributed by atoms with van der Waals surface area (Å²) < 4.78 is 27.2. The zero-order chi connectivity index (χ0) is 14.5. The van der Waals surface area contributed by atoms with Crippen molar-refractivity contribution in [3.05, 3.63) is 23.3 Å². The number of rotatable bonds is 7. The largest absolute Gasteiger partial charge is 0.505 e. The van der Waals surface area contributed by atoms with Crippen LogP contribution in [0, 0.1) is 6.92 Å². The van der Waals surface area contributed by atoms with Crippen LogP contribution in [0.4, 0.5) is 0 Å². The van der Waals surface area contributed by atoms with E-state index in [2.05, 4.69) is 0 Å². The average Bonchev–Trinajstić information content (AvgIpc) is 2.45. The van der Waals surface area contributed by atoms with E-state index < -0.39 is 8.80 Å². The van der Waals surface area contributed by atoms with Crippen LogP contribution in [0.1, 0.15) is 11.1 Å². The second kappa shape index (κ2) is 6.90. The molecule has 0 heterocycles. The molecule has 1 aromatic rings. The molecule has 1 rings (SSSR count). The number of hydrogen-bond donors (Lipinski definition) is 0. The van der Waals surface area contributed by atoms with Crippen LogP contribution in [0.15, 0.2) is 12.1 Å². The number of benzene rings is 1. The fraction of sp³-hybridized carbons (Fsp3) is 0.538. The van der Waals surface area contributed by atoms with Crippen LogP contribution in [0.5, 0.6) is 11.5 Å². The van der Waals surface area contributed by atoms with Gasteiger partial charge in [-0.2, -0.15) is 0 Å². The molecule has 6 heteroatoms. The highest BCUT2D eigenvalue weighted by Gasteiger charge is 2.40. The van der Waals surface area contributed by atoms with Gasteiger partial charge in [0, 0.05) is 26.9 Å². The molecule has 0 bridgehead atoms. The van der Waals surface area contributed by atoms with Gasteiger partial charge in [-0.3, -0.25) is 0 Å². The standard InChI is InChI=1S/C13H22O5Si/c1-10-7-12(14-2)11(13(8-10)15-3)9-19(16-4,17-5)18-6/h7-8H,9H2,1-6H3. The molecule has 0 N–H and O–H groups in total. The minimum atomic E-state index is -2.73. The molecule has 0 saturated heterocycles. The fourth-order valence-corrected chi connectivity index (χ4v) is 3.69. The van der Waals surface area contributed by atoms with Crippen molar-refractivity contribution >= 4 is 8.80 Å². The molecule has 0 unspecified atom stereocenters. The van der Waals surface area contributed by atoms with E-state index in [9.17, 15) is 0 Å². The smallest absolute Gasteiger partial charge is 0.496 e. The Morgan fingerprint density at radius 2 is 1.26 bits per heavy atom. The summed E-state index contributed by atoms with van der Waals surface area (Å²) in [6, 6.07) is 4.40. The van der Waals surface area contributed by atoms with E-state index in [1.807, 2.05) is 19.1 Å². The molecule has 0 aliphatic carbocycles. The summed E-state index contributed by atoms with van der Waals surface area (Å²) >= 11 is 0. The first-order valence-corrected chi connectivity index (χ1v) is 7.86. The van der Waals surface area contributed by atoms with Crippen LogP contribution < -0.4 is 9.47 Å². The second-order valence-electron chi connectivity index (χ2n) is 4.12. The molecule has 0 saturated carbocycles. The zero-order valence-electron chi connectivity index (χ0n) is 12.4. The van der Waals surface area contributed by atoms with Crippen molar-refractivity contribution in [1.82, 2.24) is 0 Å². The first-order chi connectivity index (χ1) is 9.05. The number of aryl methyl sites for hydroxylation is 1. The maximum atomic E-state index is 5.45. The summed E-state index contributed by atoms with van der Waals surface area (Å²) in [5.74, 6) is 1.50. The maximum Gasteiger partial charge on any atom is 0.505 e. The number of ether oxygens (including phenoxy) is 2. The third-order valence-electron chi connectivity index (χ3n) is 3.08. The Morgan fingerprint density at radius 3 is 1.58 bits per heavy atom. The van der Waals surface area contributed by atoms with Gasteiger partial charge in [-0.15, -0.1) is 0 Å². The highest BCUT2D eigenvalue weighted by atomic mass is 28.4. The van der Waals surface area contributed by atoms with Gasteiger partial charge in [-0.1, -0.05) is 0 Å². The molecule has 19 heavy (non-hydrogen) atoms. The van der Waals surface area contributed by atoms with Crippen molar-refractivity contribution in [3.63, 3.8) is 0 Å². The molecule has 0 atom stereocenters. The minimum absolute atomic E-state index is 0.489. The van der Waals surface area contributed by atoms with Gasteiger partial charge in [0.2, 0.25) is 0 Å². The second-order valence-corrected chi connectivity index (χ2v) is 7.06. The highest BCUT2D eigenvalue weighted by Crippen LogP contribution is 2.33. The predicted molar refractivity (Wildman–Crippen MR) is 74.8 cm³/mol. The first-order valence-electron chi connectivity index (χ1n) is 5.92. The molecule has 0 aliphatic heterocycles. The Morgan fingerprint density at radius 1 is 0.842 bits per heavy atom. The van der Waals surface area contributed by atoms with Gasteiger partial charge >= 0.3 is 8.80 Å². The summed E-state index contributed by atoms with van der Waals surface area (Å²) in [4.78, 5) is 0. The lowest BCUT2D eigenvalue weighted by atomic mass is 10.1. The van der Waals surface area contributed by atoms with E-state index in [0.29, 0.717) is 6.04 Å². The van der Waals surface area contributed by atoms with Gasteiger partial charge in [0.25, 0.3) is 0 Å². The van der Waals surface area contributed by atoms with Gasteiger partial charge in [-0.25, -0.2) is 0 Å².